The molecular formula is C8H20N2O4S2. The van der Waals surface area contributed by atoms with Crippen molar-refractivity contribution in [3.05, 3.63) is 0 Å². The fraction of sp³-hybridized carbons (Fsp3) is 1.00. The van der Waals surface area contributed by atoms with Crippen LogP contribution in [0, 0.1) is 5.92 Å². The van der Waals surface area contributed by atoms with Crippen LogP contribution in [-0.4, -0.2) is 40.8 Å². The van der Waals surface area contributed by atoms with Gasteiger partial charge in [-0.3, -0.25) is 0 Å². The maximum Gasteiger partial charge on any atom is 0.226 e. The second-order valence-corrected chi connectivity index (χ2v) is 8.60. The van der Waals surface area contributed by atoms with E-state index in [9.17, 15) is 16.8 Å². The summed E-state index contributed by atoms with van der Waals surface area (Å²) < 4.78 is 47.0. The number of nitrogens with one attached hydrogen (secondary N) is 1. The van der Waals surface area contributed by atoms with Crippen LogP contribution in [0.2, 0.25) is 0 Å². The smallest absolute Gasteiger partial charge is 0.226 e. The first-order valence-corrected chi connectivity index (χ1v) is 8.65. The fourth-order valence-corrected chi connectivity index (χ4v) is 4.56. The lowest BCUT2D eigenvalue weighted by Gasteiger charge is -2.18. The van der Waals surface area contributed by atoms with E-state index in [0.717, 1.165) is 6.26 Å². The largest absolute Gasteiger partial charge is 0.329 e. The average molecular weight is 272 g/mol. The molecule has 0 amide bonds. The molecule has 0 rings (SSSR count). The Hall–Kier alpha value is -0.180. The molecule has 0 aromatic carbocycles. The van der Waals surface area contributed by atoms with Gasteiger partial charge in [0.05, 0.1) is 0 Å². The molecule has 16 heavy (non-hydrogen) atoms. The maximum absolute atomic E-state index is 11.5. The summed E-state index contributed by atoms with van der Waals surface area (Å²) in [6.45, 7) is 4.03. The molecule has 1 atom stereocenters. The first-order chi connectivity index (χ1) is 7.06. The predicted molar refractivity (Wildman–Crippen MR) is 64.1 cm³/mol. The standard InChI is InChI=1S/C8H20N2O4S2/c1-7(2)4-8(5-9)10-16(13,14)6-15(3,11)12/h7-8,10H,4-6,9H2,1-3H3. The number of rotatable bonds is 7. The fourth-order valence-electron chi connectivity index (χ4n) is 1.33. The Morgan fingerprint density at radius 1 is 1.19 bits per heavy atom. The third-order valence-electron chi connectivity index (χ3n) is 1.76. The van der Waals surface area contributed by atoms with Crippen molar-refractivity contribution < 1.29 is 16.8 Å². The zero-order chi connectivity index (χ0) is 13.0. The van der Waals surface area contributed by atoms with Crippen molar-refractivity contribution in [1.29, 1.82) is 0 Å². The minimum Gasteiger partial charge on any atom is -0.329 e. The Morgan fingerprint density at radius 2 is 1.69 bits per heavy atom. The van der Waals surface area contributed by atoms with E-state index in [4.69, 9.17) is 5.73 Å². The van der Waals surface area contributed by atoms with Crippen molar-refractivity contribution >= 4 is 19.9 Å². The van der Waals surface area contributed by atoms with Gasteiger partial charge in [0.2, 0.25) is 10.0 Å². The van der Waals surface area contributed by atoms with Crippen LogP contribution < -0.4 is 10.5 Å². The van der Waals surface area contributed by atoms with Gasteiger partial charge in [-0.25, -0.2) is 21.6 Å². The summed E-state index contributed by atoms with van der Waals surface area (Å²) in [6.07, 6.45) is 1.46. The molecular weight excluding hydrogens is 252 g/mol. The summed E-state index contributed by atoms with van der Waals surface area (Å²) in [7, 11) is -7.37. The van der Waals surface area contributed by atoms with E-state index in [-0.39, 0.29) is 12.5 Å². The van der Waals surface area contributed by atoms with Crippen molar-refractivity contribution in [1.82, 2.24) is 4.72 Å². The lowest BCUT2D eigenvalue weighted by molar-refractivity contribution is 0.466. The first-order valence-electron chi connectivity index (χ1n) is 4.93. The average Bonchev–Trinajstić information content (AvgIpc) is 1.96. The molecule has 0 aliphatic heterocycles. The zero-order valence-electron chi connectivity index (χ0n) is 9.80. The number of nitrogens with two attached hydrogens (primary N) is 1. The minimum atomic E-state index is -3.81. The van der Waals surface area contributed by atoms with Gasteiger partial charge in [-0.05, 0) is 12.3 Å². The number of sulfone groups is 1. The van der Waals surface area contributed by atoms with E-state index in [0.29, 0.717) is 6.42 Å². The summed E-state index contributed by atoms with van der Waals surface area (Å²) in [5.74, 6) is 0.287. The van der Waals surface area contributed by atoms with Crippen molar-refractivity contribution in [2.24, 2.45) is 11.7 Å². The topological polar surface area (TPSA) is 106 Å². The van der Waals surface area contributed by atoms with Crippen LogP contribution in [0.3, 0.4) is 0 Å². The van der Waals surface area contributed by atoms with Crippen molar-refractivity contribution in [3.63, 3.8) is 0 Å². The summed E-state index contributed by atoms with van der Waals surface area (Å²) >= 11 is 0. The maximum atomic E-state index is 11.5. The van der Waals surface area contributed by atoms with E-state index >= 15 is 0 Å². The second-order valence-electron chi connectivity index (χ2n) is 4.34. The molecule has 0 radical (unpaired) electrons. The van der Waals surface area contributed by atoms with Crippen LogP contribution >= 0.6 is 0 Å². The normalized spacial score (nSPS) is 15.3. The molecule has 0 saturated heterocycles. The quantitative estimate of drug-likeness (QED) is 0.636. The summed E-state index contributed by atoms with van der Waals surface area (Å²) in [5.41, 5.74) is 5.42. The highest BCUT2D eigenvalue weighted by atomic mass is 32.3. The van der Waals surface area contributed by atoms with Gasteiger partial charge in [0.15, 0.2) is 14.9 Å². The molecule has 0 spiro atoms. The Labute approximate surface area is 97.6 Å². The number of hydrogen-bond donors (Lipinski definition) is 2. The summed E-state index contributed by atoms with van der Waals surface area (Å²) in [6, 6.07) is -0.410. The van der Waals surface area contributed by atoms with Crippen LogP contribution in [0.25, 0.3) is 0 Å². The molecule has 8 heteroatoms. The van der Waals surface area contributed by atoms with Gasteiger partial charge >= 0.3 is 0 Å². The van der Waals surface area contributed by atoms with E-state index in [1.165, 1.54) is 0 Å². The van der Waals surface area contributed by atoms with Crippen LogP contribution in [0.1, 0.15) is 20.3 Å². The molecule has 0 bridgehead atoms. The molecule has 98 valence electrons. The van der Waals surface area contributed by atoms with Crippen LogP contribution in [0.5, 0.6) is 0 Å². The molecule has 0 fully saturated rings. The van der Waals surface area contributed by atoms with Gasteiger partial charge in [0, 0.05) is 18.8 Å². The molecule has 0 aromatic heterocycles. The Kier molecular flexibility index (Phi) is 5.88. The lowest BCUT2D eigenvalue weighted by atomic mass is 10.1. The van der Waals surface area contributed by atoms with E-state index in [2.05, 4.69) is 4.72 Å². The Bertz CT molecular complexity index is 400. The predicted octanol–water partition coefficient (Wildman–Crippen LogP) is -0.719. The monoisotopic (exact) mass is 272 g/mol. The van der Waals surface area contributed by atoms with Crippen molar-refractivity contribution in [3.8, 4) is 0 Å². The molecule has 0 saturated carbocycles. The summed E-state index contributed by atoms with van der Waals surface area (Å²) in [5, 5.41) is -0.894. The minimum absolute atomic E-state index is 0.154. The van der Waals surface area contributed by atoms with Crippen molar-refractivity contribution in [2.45, 2.75) is 26.3 Å². The Balaban J connectivity index is 4.56. The molecule has 0 aromatic rings. The first kappa shape index (κ1) is 15.8. The molecule has 0 heterocycles. The zero-order valence-corrected chi connectivity index (χ0v) is 11.4. The van der Waals surface area contributed by atoms with Crippen LogP contribution in [0.15, 0.2) is 0 Å². The SMILES string of the molecule is CC(C)CC(CN)NS(=O)(=O)CS(C)(=O)=O. The van der Waals surface area contributed by atoms with Gasteiger partial charge in [-0.2, -0.15) is 0 Å². The van der Waals surface area contributed by atoms with Gasteiger partial charge in [0.1, 0.15) is 0 Å². The third kappa shape index (κ3) is 8.03. The molecule has 6 nitrogen and oxygen atoms in total. The Morgan fingerprint density at radius 3 is 2.00 bits per heavy atom. The van der Waals surface area contributed by atoms with Gasteiger partial charge in [-0.15, -0.1) is 0 Å². The lowest BCUT2D eigenvalue weighted by Crippen LogP contribution is -2.43. The van der Waals surface area contributed by atoms with E-state index in [1.54, 1.807) is 0 Å². The van der Waals surface area contributed by atoms with E-state index < -0.39 is 31.0 Å². The third-order valence-corrected chi connectivity index (χ3v) is 5.40. The summed E-state index contributed by atoms with van der Waals surface area (Å²) in [4.78, 5) is 0. The second kappa shape index (κ2) is 5.95. The highest BCUT2D eigenvalue weighted by Crippen LogP contribution is 2.05. The van der Waals surface area contributed by atoms with Crippen molar-refractivity contribution in [2.75, 3.05) is 17.9 Å². The molecule has 1 unspecified atom stereocenters. The van der Waals surface area contributed by atoms with Gasteiger partial charge in [-0.1, -0.05) is 13.8 Å². The highest BCUT2D eigenvalue weighted by molar-refractivity contribution is 8.06. The van der Waals surface area contributed by atoms with Crippen LogP contribution in [-0.2, 0) is 19.9 Å². The number of hydrogen-bond acceptors (Lipinski definition) is 5. The number of sulfonamides is 1. The highest BCUT2D eigenvalue weighted by Gasteiger charge is 2.22. The van der Waals surface area contributed by atoms with Gasteiger partial charge < -0.3 is 5.73 Å². The van der Waals surface area contributed by atoms with Crippen LogP contribution in [0.4, 0.5) is 0 Å². The van der Waals surface area contributed by atoms with Gasteiger partial charge in [0.25, 0.3) is 0 Å². The molecule has 0 aliphatic carbocycles. The molecule has 3 N–H and O–H groups in total. The molecule has 0 aliphatic rings. The van der Waals surface area contributed by atoms with E-state index in [1.807, 2.05) is 13.8 Å².